The Morgan fingerprint density at radius 3 is 2.67 bits per heavy atom. The highest BCUT2D eigenvalue weighted by Crippen LogP contribution is 2.35. The lowest BCUT2D eigenvalue weighted by Gasteiger charge is -2.30. The van der Waals surface area contributed by atoms with Gasteiger partial charge in [-0.3, -0.25) is 4.79 Å². The zero-order valence-electron chi connectivity index (χ0n) is 24.3. The van der Waals surface area contributed by atoms with E-state index in [9.17, 15) is 4.79 Å². The van der Waals surface area contributed by atoms with E-state index in [1.54, 1.807) is 11.1 Å². The number of benzene rings is 3. The summed E-state index contributed by atoms with van der Waals surface area (Å²) in [4.78, 5) is 27.8. The van der Waals surface area contributed by atoms with Crippen LogP contribution in [-0.2, 0) is 24.0 Å². The van der Waals surface area contributed by atoms with E-state index in [0.29, 0.717) is 31.1 Å². The second-order valence-corrected chi connectivity index (χ2v) is 11.8. The molecule has 3 heterocycles. The van der Waals surface area contributed by atoms with Gasteiger partial charge in [-0.05, 0) is 79.0 Å². The number of ether oxygens (including phenoxy) is 1. The SMILES string of the molecule is Cc1ccccc1CCc1nc(N2CCC[C@H]2c2ccc(Cl)cc2)ncc1C(=O)N(C)C[C@@H]1OCCc2ccccc21. The largest absolute Gasteiger partial charge is 0.371 e. The van der Waals surface area contributed by atoms with Gasteiger partial charge in [-0.1, -0.05) is 72.3 Å². The van der Waals surface area contributed by atoms with Crippen molar-refractivity contribution in [2.24, 2.45) is 0 Å². The minimum atomic E-state index is -0.149. The van der Waals surface area contributed by atoms with Crippen molar-refractivity contribution in [1.82, 2.24) is 14.9 Å². The first-order valence-electron chi connectivity index (χ1n) is 14.9. The molecular weight excluding hydrogens is 544 g/mol. The molecule has 42 heavy (non-hydrogen) atoms. The van der Waals surface area contributed by atoms with Gasteiger partial charge >= 0.3 is 0 Å². The fraction of sp³-hybridized carbons (Fsp3) is 0.343. The Labute approximate surface area is 253 Å². The monoisotopic (exact) mass is 580 g/mol. The van der Waals surface area contributed by atoms with Gasteiger partial charge in [-0.25, -0.2) is 9.97 Å². The smallest absolute Gasteiger partial charge is 0.257 e. The van der Waals surface area contributed by atoms with Crippen molar-refractivity contribution in [3.05, 3.63) is 123 Å². The zero-order valence-corrected chi connectivity index (χ0v) is 25.1. The lowest BCUT2D eigenvalue weighted by molar-refractivity contribution is 0.0199. The van der Waals surface area contributed by atoms with Gasteiger partial charge in [-0.15, -0.1) is 0 Å². The molecule has 1 aromatic heterocycles. The molecule has 216 valence electrons. The van der Waals surface area contributed by atoms with E-state index < -0.39 is 0 Å². The maximum Gasteiger partial charge on any atom is 0.257 e. The molecule has 0 aliphatic carbocycles. The molecule has 0 unspecified atom stereocenters. The fourth-order valence-electron chi connectivity index (χ4n) is 6.26. The van der Waals surface area contributed by atoms with Crippen LogP contribution in [0.1, 0.15) is 68.9 Å². The summed E-state index contributed by atoms with van der Waals surface area (Å²) in [5.74, 6) is 0.597. The number of rotatable bonds is 8. The molecule has 0 radical (unpaired) electrons. The van der Waals surface area contributed by atoms with Gasteiger partial charge in [0.25, 0.3) is 5.91 Å². The second kappa shape index (κ2) is 12.6. The number of aryl methyl sites for hydroxylation is 3. The first-order chi connectivity index (χ1) is 20.5. The van der Waals surface area contributed by atoms with Crippen LogP contribution < -0.4 is 4.90 Å². The summed E-state index contributed by atoms with van der Waals surface area (Å²) >= 11 is 6.17. The van der Waals surface area contributed by atoms with E-state index >= 15 is 0 Å². The summed E-state index contributed by atoms with van der Waals surface area (Å²) in [6, 6.07) is 25.0. The molecule has 6 rings (SSSR count). The third kappa shape index (κ3) is 6.06. The molecule has 2 atom stereocenters. The van der Waals surface area contributed by atoms with E-state index in [1.165, 1.54) is 22.3 Å². The summed E-state index contributed by atoms with van der Waals surface area (Å²) in [6.45, 7) is 4.13. The Morgan fingerprint density at radius 1 is 1.05 bits per heavy atom. The normalized spacial score (nSPS) is 18.1. The standard InChI is InChI=1S/C35H37ClN4O2/c1-24-8-3-4-9-25(24)15-18-31-30(34(41)39(2)23-33-29-11-6-5-10-26(29)19-21-42-33)22-37-35(38-31)40-20-7-12-32(40)27-13-16-28(36)17-14-27/h3-6,8-11,13-14,16-17,22,32-33H,7,12,15,18-21,23H2,1-2H3/t32-,33-/m0/s1. The number of amides is 1. The maximum atomic E-state index is 13.9. The highest BCUT2D eigenvalue weighted by atomic mass is 35.5. The Balaban J connectivity index is 1.28. The molecular formula is C35H37ClN4O2. The Hall–Kier alpha value is -3.74. The van der Waals surface area contributed by atoms with Crippen LogP contribution in [0.15, 0.2) is 79.0 Å². The number of carbonyl (C=O) groups is 1. The van der Waals surface area contributed by atoms with Crippen molar-refractivity contribution in [3.8, 4) is 0 Å². The highest BCUT2D eigenvalue weighted by molar-refractivity contribution is 6.30. The average molecular weight is 581 g/mol. The summed E-state index contributed by atoms with van der Waals surface area (Å²) < 4.78 is 6.12. The molecule has 0 spiro atoms. The molecule has 0 bridgehead atoms. The van der Waals surface area contributed by atoms with E-state index in [4.69, 9.17) is 26.3 Å². The highest BCUT2D eigenvalue weighted by Gasteiger charge is 2.30. The fourth-order valence-corrected chi connectivity index (χ4v) is 6.39. The number of hydrogen-bond acceptors (Lipinski definition) is 5. The van der Waals surface area contributed by atoms with E-state index in [1.807, 2.05) is 25.2 Å². The van der Waals surface area contributed by atoms with Gasteiger partial charge in [-0.2, -0.15) is 0 Å². The van der Waals surface area contributed by atoms with Crippen LogP contribution in [0, 0.1) is 6.92 Å². The second-order valence-electron chi connectivity index (χ2n) is 11.4. The first kappa shape index (κ1) is 28.4. The van der Waals surface area contributed by atoms with Crippen LogP contribution in [0.5, 0.6) is 0 Å². The van der Waals surface area contributed by atoms with Gasteiger partial charge in [0.15, 0.2) is 0 Å². The zero-order chi connectivity index (χ0) is 29.1. The van der Waals surface area contributed by atoms with Gasteiger partial charge in [0.1, 0.15) is 6.10 Å². The van der Waals surface area contributed by atoms with Crippen molar-refractivity contribution in [1.29, 1.82) is 0 Å². The molecule has 7 heteroatoms. The van der Waals surface area contributed by atoms with Crippen molar-refractivity contribution < 1.29 is 9.53 Å². The molecule has 4 aromatic rings. The molecule has 0 N–H and O–H groups in total. The molecule has 6 nitrogen and oxygen atoms in total. The first-order valence-corrected chi connectivity index (χ1v) is 15.2. The molecule has 0 saturated carbocycles. The number of carbonyl (C=O) groups excluding carboxylic acids is 1. The predicted octanol–water partition coefficient (Wildman–Crippen LogP) is 6.95. The Kier molecular flexibility index (Phi) is 8.54. The molecule has 3 aromatic carbocycles. The van der Waals surface area contributed by atoms with Crippen LogP contribution in [-0.4, -0.2) is 47.5 Å². The van der Waals surface area contributed by atoms with Crippen LogP contribution in [0.2, 0.25) is 5.02 Å². The molecule has 2 aliphatic rings. The Morgan fingerprint density at radius 2 is 1.83 bits per heavy atom. The van der Waals surface area contributed by atoms with Gasteiger partial charge < -0.3 is 14.5 Å². The van der Waals surface area contributed by atoms with E-state index in [2.05, 4.69) is 66.4 Å². The van der Waals surface area contributed by atoms with Gasteiger partial charge in [0.2, 0.25) is 5.95 Å². The van der Waals surface area contributed by atoms with Crippen molar-refractivity contribution in [2.45, 2.75) is 51.2 Å². The van der Waals surface area contributed by atoms with Crippen molar-refractivity contribution in [3.63, 3.8) is 0 Å². The summed E-state index contributed by atoms with van der Waals surface area (Å²) in [5.41, 5.74) is 7.51. The van der Waals surface area contributed by atoms with Crippen LogP contribution in [0.4, 0.5) is 5.95 Å². The number of anilines is 1. The number of fused-ring (bicyclic) bond motifs is 1. The predicted molar refractivity (Wildman–Crippen MR) is 167 cm³/mol. The number of aromatic nitrogens is 2. The molecule has 1 amide bonds. The maximum absolute atomic E-state index is 13.9. The molecule has 1 saturated heterocycles. The lowest BCUT2D eigenvalue weighted by atomic mass is 9.97. The van der Waals surface area contributed by atoms with Crippen LogP contribution in [0.3, 0.4) is 0 Å². The Bertz CT molecular complexity index is 1560. The minimum Gasteiger partial charge on any atom is -0.371 e. The summed E-state index contributed by atoms with van der Waals surface area (Å²) in [6.07, 6.45) is 6.02. The number of nitrogens with zero attached hydrogens (tertiary/aromatic N) is 4. The minimum absolute atomic E-state index is 0.0799. The quantitative estimate of drug-likeness (QED) is 0.226. The topological polar surface area (TPSA) is 58.6 Å². The summed E-state index contributed by atoms with van der Waals surface area (Å²) in [7, 11) is 1.85. The third-order valence-corrected chi connectivity index (χ3v) is 8.87. The summed E-state index contributed by atoms with van der Waals surface area (Å²) in [5, 5.41) is 0.729. The van der Waals surface area contributed by atoms with Crippen molar-refractivity contribution >= 4 is 23.5 Å². The number of hydrogen-bond donors (Lipinski definition) is 0. The van der Waals surface area contributed by atoms with E-state index in [-0.39, 0.29) is 18.1 Å². The van der Waals surface area contributed by atoms with Crippen LogP contribution in [0.25, 0.3) is 0 Å². The van der Waals surface area contributed by atoms with Crippen LogP contribution >= 0.6 is 11.6 Å². The van der Waals surface area contributed by atoms with Gasteiger partial charge in [0.05, 0.1) is 30.5 Å². The average Bonchev–Trinajstić information content (AvgIpc) is 3.51. The molecule has 1 fully saturated rings. The lowest BCUT2D eigenvalue weighted by Crippen LogP contribution is -2.35. The molecule has 2 aliphatic heterocycles. The number of halogens is 1. The van der Waals surface area contributed by atoms with Gasteiger partial charge in [0, 0.05) is 24.8 Å². The van der Waals surface area contributed by atoms with E-state index in [0.717, 1.165) is 48.5 Å². The third-order valence-electron chi connectivity index (χ3n) is 8.62. The van der Waals surface area contributed by atoms with Crippen molar-refractivity contribution in [2.75, 3.05) is 31.6 Å². The number of likely N-dealkylation sites (N-methyl/N-ethyl adjacent to an activating group) is 1.